The van der Waals surface area contributed by atoms with E-state index < -0.39 is 0 Å². The topological polar surface area (TPSA) is 69.6 Å². The highest BCUT2D eigenvalue weighted by atomic mass is 32.2. The summed E-state index contributed by atoms with van der Waals surface area (Å²) in [5.74, 6) is 1.75. The smallest absolute Gasteiger partial charge is 0.247 e. The molecule has 1 fully saturated rings. The minimum atomic E-state index is 0.551. The van der Waals surface area contributed by atoms with Crippen LogP contribution in [0.15, 0.2) is 46.2 Å². The van der Waals surface area contributed by atoms with Gasteiger partial charge in [-0.1, -0.05) is 30.0 Å². The molecule has 0 unspecified atom stereocenters. The Bertz CT molecular complexity index is 735. The van der Waals surface area contributed by atoms with E-state index in [0.29, 0.717) is 23.6 Å². The Morgan fingerprint density at radius 1 is 1.14 bits per heavy atom. The normalized spacial score (nSPS) is 14.5. The lowest BCUT2D eigenvalue weighted by Gasteiger charge is -2.01. The number of nitrogens with zero attached hydrogens (tertiary/aromatic N) is 5. The molecule has 1 aliphatic rings. The molecule has 2 aromatic heterocycles. The Labute approximate surface area is 125 Å². The number of benzene rings is 1. The van der Waals surface area contributed by atoms with E-state index in [2.05, 4.69) is 25.0 Å². The number of hydrogen-bond donors (Lipinski definition) is 0. The van der Waals surface area contributed by atoms with Crippen molar-refractivity contribution in [3.63, 3.8) is 0 Å². The summed E-state index contributed by atoms with van der Waals surface area (Å²) in [5.41, 5.74) is 0.933. The van der Waals surface area contributed by atoms with Gasteiger partial charge in [0.15, 0.2) is 5.16 Å². The first-order chi connectivity index (χ1) is 10.4. The molecular weight excluding hydrogens is 286 g/mol. The highest BCUT2D eigenvalue weighted by Crippen LogP contribution is 2.37. The standard InChI is InChI=1S/C14H13N5OS/c1-2-4-10(5-3-1)13-17-16-12(20-13)8-21-14-18-15-9-19(14)11-6-7-11/h1-5,9,11H,6-8H2. The molecular formula is C14H13N5OS. The highest BCUT2D eigenvalue weighted by Gasteiger charge is 2.26. The van der Waals surface area contributed by atoms with E-state index in [0.717, 1.165) is 10.7 Å². The second kappa shape index (κ2) is 5.33. The maximum Gasteiger partial charge on any atom is 0.247 e. The fraction of sp³-hybridized carbons (Fsp3) is 0.286. The Morgan fingerprint density at radius 3 is 2.81 bits per heavy atom. The predicted octanol–water partition coefficient (Wildman–Crippen LogP) is 2.96. The lowest BCUT2D eigenvalue weighted by Crippen LogP contribution is -1.94. The van der Waals surface area contributed by atoms with Crippen molar-refractivity contribution in [2.24, 2.45) is 0 Å². The van der Waals surface area contributed by atoms with Gasteiger partial charge in [-0.2, -0.15) is 0 Å². The highest BCUT2D eigenvalue weighted by molar-refractivity contribution is 7.98. The van der Waals surface area contributed by atoms with Gasteiger partial charge in [0.25, 0.3) is 0 Å². The summed E-state index contributed by atoms with van der Waals surface area (Å²) in [6.07, 6.45) is 4.22. The molecule has 7 heteroatoms. The quantitative estimate of drug-likeness (QED) is 0.675. The Hall–Kier alpha value is -2.15. The van der Waals surface area contributed by atoms with Crippen LogP contribution in [0.5, 0.6) is 0 Å². The van der Waals surface area contributed by atoms with E-state index >= 15 is 0 Å². The molecule has 0 saturated heterocycles. The van der Waals surface area contributed by atoms with Crippen LogP contribution in [0.2, 0.25) is 0 Å². The molecule has 21 heavy (non-hydrogen) atoms. The van der Waals surface area contributed by atoms with Crippen molar-refractivity contribution in [2.75, 3.05) is 0 Å². The zero-order valence-electron chi connectivity index (χ0n) is 11.2. The summed E-state index contributed by atoms with van der Waals surface area (Å²) in [7, 11) is 0. The summed E-state index contributed by atoms with van der Waals surface area (Å²) >= 11 is 1.58. The van der Waals surface area contributed by atoms with Crippen LogP contribution in [0.4, 0.5) is 0 Å². The molecule has 1 aliphatic carbocycles. The third-order valence-corrected chi connectivity index (χ3v) is 4.23. The van der Waals surface area contributed by atoms with E-state index in [1.807, 2.05) is 30.3 Å². The van der Waals surface area contributed by atoms with Crippen LogP contribution >= 0.6 is 11.8 Å². The van der Waals surface area contributed by atoms with Crippen molar-refractivity contribution in [3.05, 3.63) is 42.5 Å². The van der Waals surface area contributed by atoms with Crippen LogP contribution in [0, 0.1) is 0 Å². The molecule has 0 radical (unpaired) electrons. The minimum absolute atomic E-state index is 0.551. The maximum absolute atomic E-state index is 5.68. The monoisotopic (exact) mass is 299 g/mol. The summed E-state index contributed by atoms with van der Waals surface area (Å²) in [5, 5.41) is 17.2. The Balaban J connectivity index is 1.46. The largest absolute Gasteiger partial charge is 0.420 e. The van der Waals surface area contributed by atoms with Crippen LogP contribution in [0.1, 0.15) is 24.8 Å². The van der Waals surface area contributed by atoms with Crippen LogP contribution in [0.25, 0.3) is 11.5 Å². The molecule has 2 heterocycles. The molecule has 0 spiro atoms. The molecule has 6 nitrogen and oxygen atoms in total. The minimum Gasteiger partial charge on any atom is -0.420 e. The SMILES string of the molecule is c1ccc(-c2nnc(CSc3nncn3C3CC3)o2)cc1. The second-order valence-electron chi connectivity index (χ2n) is 4.91. The van der Waals surface area contributed by atoms with Gasteiger partial charge in [0, 0.05) is 11.6 Å². The van der Waals surface area contributed by atoms with Gasteiger partial charge in [-0.3, -0.25) is 0 Å². The first-order valence-corrected chi connectivity index (χ1v) is 7.79. The number of thioether (sulfide) groups is 1. The van der Waals surface area contributed by atoms with Crippen molar-refractivity contribution >= 4 is 11.8 Å². The van der Waals surface area contributed by atoms with Gasteiger partial charge in [0.1, 0.15) is 6.33 Å². The molecule has 3 aromatic rings. The molecule has 1 aromatic carbocycles. The van der Waals surface area contributed by atoms with Gasteiger partial charge in [-0.15, -0.1) is 20.4 Å². The van der Waals surface area contributed by atoms with Crippen molar-refractivity contribution in [1.82, 2.24) is 25.0 Å². The van der Waals surface area contributed by atoms with Gasteiger partial charge >= 0.3 is 0 Å². The second-order valence-corrected chi connectivity index (χ2v) is 5.85. The molecule has 0 aliphatic heterocycles. The molecule has 1 saturated carbocycles. The molecule has 0 atom stereocenters. The Morgan fingerprint density at radius 2 is 2.00 bits per heavy atom. The first-order valence-electron chi connectivity index (χ1n) is 6.80. The Kier molecular flexibility index (Phi) is 3.19. The van der Waals surface area contributed by atoms with Gasteiger partial charge in [0.2, 0.25) is 11.8 Å². The van der Waals surface area contributed by atoms with E-state index in [-0.39, 0.29) is 0 Å². The van der Waals surface area contributed by atoms with E-state index in [1.54, 1.807) is 18.1 Å². The van der Waals surface area contributed by atoms with Crippen molar-refractivity contribution in [1.29, 1.82) is 0 Å². The molecule has 0 amide bonds. The van der Waals surface area contributed by atoms with Gasteiger partial charge in [0.05, 0.1) is 5.75 Å². The van der Waals surface area contributed by atoms with Gasteiger partial charge in [-0.25, -0.2) is 0 Å². The lowest BCUT2D eigenvalue weighted by molar-refractivity contribution is 0.528. The van der Waals surface area contributed by atoms with Crippen molar-refractivity contribution in [3.8, 4) is 11.5 Å². The van der Waals surface area contributed by atoms with Gasteiger partial charge in [-0.05, 0) is 25.0 Å². The number of rotatable bonds is 5. The van der Waals surface area contributed by atoms with Crippen LogP contribution in [0.3, 0.4) is 0 Å². The molecule has 106 valence electrons. The van der Waals surface area contributed by atoms with Crippen molar-refractivity contribution < 1.29 is 4.42 Å². The molecule has 4 rings (SSSR count). The fourth-order valence-electron chi connectivity index (χ4n) is 2.07. The summed E-state index contributed by atoms with van der Waals surface area (Å²) in [4.78, 5) is 0. The van der Waals surface area contributed by atoms with Crippen LogP contribution < -0.4 is 0 Å². The lowest BCUT2D eigenvalue weighted by atomic mass is 10.2. The fourth-order valence-corrected chi connectivity index (χ4v) is 2.89. The zero-order valence-corrected chi connectivity index (χ0v) is 12.0. The number of aromatic nitrogens is 5. The van der Waals surface area contributed by atoms with Gasteiger partial charge < -0.3 is 8.98 Å². The number of hydrogen-bond acceptors (Lipinski definition) is 6. The van der Waals surface area contributed by atoms with Crippen LogP contribution in [-0.4, -0.2) is 25.0 Å². The van der Waals surface area contributed by atoms with Crippen molar-refractivity contribution in [2.45, 2.75) is 29.8 Å². The van der Waals surface area contributed by atoms with E-state index in [4.69, 9.17) is 4.42 Å². The summed E-state index contributed by atoms with van der Waals surface area (Å²) in [6, 6.07) is 10.3. The average molecular weight is 299 g/mol. The van der Waals surface area contributed by atoms with E-state index in [9.17, 15) is 0 Å². The summed E-state index contributed by atoms with van der Waals surface area (Å²) in [6.45, 7) is 0. The maximum atomic E-state index is 5.68. The molecule has 0 bridgehead atoms. The first kappa shape index (κ1) is 12.6. The summed E-state index contributed by atoms with van der Waals surface area (Å²) < 4.78 is 7.81. The average Bonchev–Trinajstić information content (AvgIpc) is 3.09. The zero-order chi connectivity index (χ0) is 14.1. The third kappa shape index (κ3) is 2.69. The molecule has 0 N–H and O–H groups in total. The van der Waals surface area contributed by atoms with E-state index in [1.165, 1.54) is 12.8 Å². The van der Waals surface area contributed by atoms with Crippen LogP contribution in [-0.2, 0) is 5.75 Å². The predicted molar refractivity (Wildman–Crippen MR) is 77.6 cm³/mol. The third-order valence-electron chi connectivity index (χ3n) is 3.29.